The van der Waals surface area contributed by atoms with E-state index in [1.165, 1.54) is 78.4 Å². The first kappa shape index (κ1) is 95.1. The number of rotatable bonds is 15. The SMILES string of the molecule is CC1(C)c2ccccc2N(c2cc(N3c4ccccc4C(C)(C)c4ccccc43)cc(P(=O)(c3ccccc3)c3ccccc3)c2)c2ccccc21.CC1(C)c2ccccc2N(c2ccc(P(=O)(c3ccccc3)c3ccc(N4c5ccccc5C(C)(C)c5ccccc54)cc3)cc2)c2ccccc21.[C-]#[N+]c1cc(-c2cccc(P(=O)(c3ccccc3)c3ccccn3)c2)cc(N2c3ccccc3C(C)(C)c3ccccc32)c1. The quantitative estimate of drug-likeness (QED) is 0.0736. The molecule has 19 aromatic carbocycles. The topological polar surface area (TPSA) is 84.7 Å². The summed E-state index contributed by atoms with van der Waals surface area (Å²) in [6.07, 6.45) is 1.69. The van der Waals surface area contributed by atoms with Gasteiger partial charge in [0.15, 0.2) is 27.1 Å². The van der Waals surface area contributed by atoms with Gasteiger partial charge in [-0.05, 0) is 231 Å². The zero-order chi connectivity index (χ0) is 102. The Kier molecular flexibility index (Phi) is 24.1. The molecule has 0 saturated heterocycles. The smallest absolute Gasteiger partial charge is 0.189 e. The van der Waals surface area contributed by atoms with E-state index >= 15 is 13.7 Å². The van der Waals surface area contributed by atoms with Crippen molar-refractivity contribution < 1.29 is 13.7 Å². The third kappa shape index (κ3) is 15.8. The maximum Gasteiger partial charge on any atom is 0.189 e. The molecular weight excluding hydrogens is 1860 g/mol. The van der Waals surface area contributed by atoms with Crippen molar-refractivity contribution in [3.63, 3.8) is 0 Å². The van der Waals surface area contributed by atoms with Crippen molar-refractivity contribution in [2.45, 2.75) is 96.3 Å². The summed E-state index contributed by atoms with van der Waals surface area (Å²) >= 11 is 0. The number of fused-ring (bicyclic) bond motifs is 10. The zero-order valence-corrected chi connectivity index (χ0v) is 87.2. The lowest BCUT2D eigenvalue weighted by Crippen LogP contribution is -2.33. The van der Waals surface area contributed by atoms with Gasteiger partial charge in [-0.2, -0.15) is 0 Å². The van der Waals surface area contributed by atoms with Crippen LogP contribution in [0.5, 0.6) is 0 Å². The highest BCUT2D eigenvalue weighted by Crippen LogP contribution is 2.61. The minimum atomic E-state index is -3.37. The zero-order valence-electron chi connectivity index (χ0n) is 84.5. The lowest BCUT2D eigenvalue weighted by Gasteiger charge is -2.44. The van der Waals surface area contributed by atoms with Crippen LogP contribution in [0.3, 0.4) is 0 Å². The Balaban J connectivity index is 0.000000123. The van der Waals surface area contributed by atoms with Crippen molar-refractivity contribution in [3.8, 4) is 11.1 Å². The molecule has 0 saturated carbocycles. The standard InChI is InChI=1S/2C48H41N2OP.C39H30N3OP/c1-47(2)39-23-11-15-27-43(39)49(44-28-16-12-24-40(44)47)34-31-35(50-45-29-17-13-25-41(45)48(3,4)42-26-14-18-30-46(42)50)33-38(32-34)52(51,36-19-7-5-8-20-36)37-21-9-6-10-22-37;1-47(2)39-18-8-12-22-43(39)49(44-23-13-9-19-40(44)47)34-26-30-37(31-27-34)52(51,36-16-6-5-7-17-36)38-32-28-35(29-33-38)50-45-24-14-10-20-41(45)48(3,4)42-21-11-15-25-46(42)50;1-39(2)34-18-7-9-20-36(34)42(37-21-10-8-19-35(37)39)31-25-29(24-30(27-31)40-3)28-14-13-17-33(26-28)44(43,32-15-5-4-6-16-32)38-22-11-12-23-41-38/h2*5-33H,1-4H3;4-27H,1-2H3. The molecule has 13 heteroatoms. The number of anilines is 15. The summed E-state index contributed by atoms with van der Waals surface area (Å²) in [6.45, 7) is 31.0. The van der Waals surface area contributed by atoms with Crippen molar-refractivity contribution >= 4 is 160 Å². The summed E-state index contributed by atoms with van der Waals surface area (Å²) < 4.78 is 47.0. The van der Waals surface area contributed by atoms with Crippen LogP contribution in [0.25, 0.3) is 16.0 Å². The molecule has 5 aliphatic rings. The number of hydrogen-bond acceptors (Lipinski definition) is 9. The average Bonchev–Trinajstić information content (AvgIpc) is 0.721. The number of hydrogen-bond donors (Lipinski definition) is 0. The lowest BCUT2D eigenvalue weighted by atomic mass is 9.73. The van der Waals surface area contributed by atoms with E-state index in [1.807, 2.05) is 176 Å². The number of benzene rings is 19. The molecule has 10 nitrogen and oxygen atoms in total. The third-order valence-electron chi connectivity index (χ3n) is 31.2. The van der Waals surface area contributed by atoms with E-state index in [1.54, 1.807) is 6.20 Å². The largest absolute Gasteiger partial charge is 0.311 e. The molecule has 20 aromatic rings. The first-order valence-electron chi connectivity index (χ1n) is 50.7. The van der Waals surface area contributed by atoms with Crippen LogP contribution in [0.15, 0.2) is 498 Å². The minimum absolute atomic E-state index is 0.132. The highest BCUT2D eigenvalue weighted by Gasteiger charge is 2.46. The van der Waals surface area contributed by atoms with E-state index in [0.29, 0.717) is 16.4 Å². The number of para-hydroxylation sites is 10. The maximum absolute atomic E-state index is 16.2. The summed E-state index contributed by atoms with van der Waals surface area (Å²) in [5.41, 5.74) is 31.0. The van der Waals surface area contributed by atoms with E-state index in [0.717, 1.165) is 111 Å². The van der Waals surface area contributed by atoms with Crippen LogP contribution in [0.1, 0.15) is 125 Å². The molecule has 0 bridgehead atoms. The number of aromatic nitrogens is 1. The summed E-state index contributed by atoms with van der Waals surface area (Å²) in [4.78, 5) is 20.2. The average molecular weight is 1970 g/mol. The molecule has 0 aliphatic carbocycles. The maximum atomic E-state index is 16.2. The van der Waals surface area contributed by atoms with Crippen molar-refractivity contribution in [2.75, 3.05) is 24.5 Å². The molecule has 0 fully saturated rings. The van der Waals surface area contributed by atoms with Crippen LogP contribution in [-0.2, 0) is 40.8 Å². The van der Waals surface area contributed by atoms with Gasteiger partial charge in [0.05, 0.1) is 63.4 Å². The van der Waals surface area contributed by atoms with Crippen LogP contribution in [0.2, 0.25) is 0 Å². The molecule has 5 aliphatic heterocycles. The molecule has 148 heavy (non-hydrogen) atoms. The summed E-state index contributed by atoms with van der Waals surface area (Å²) in [5.74, 6) is 0. The number of nitrogens with zero attached hydrogens (tertiary/aromatic N) is 7. The first-order valence-corrected chi connectivity index (χ1v) is 55.8. The molecule has 1 unspecified atom stereocenters. The highest BCUT2D eigenvalue weighted by molar-refractivity contribution is 7.86. The van der Waals surface area contributed by atoms with E-state index in [4.69, 9.17) is 6.57 Å². The third-order valence-corrected chi connectivity index (χ3v) is 40.2. The lowest BCUT2D eigenvalue weighted by molar-refractivity contribution is 0.591. The Morgan fingerprint density at radius 2 is 0.432 bits per heavy atom. The fourth-order valence-corrected chi connectivity index (χ4v) is 31.5. The summed E-state index contributed by atoms with van der Waals surface area (Å²) in [7, 11) is -9.88. The van der Waals surface area contributed by atoms with E-state index in [9.17, 15) is 0 Å². The first-order chi connectivity index (χ1) is 71.8. The predicted molar refractivity (Wildman–Crippen MR) is 621 cm³/mol. The Labute approximate surface area is 869 Å². The molecule has 25 rings (SSSR count). The molecule has 0 N–H and O–H groups in total. The predicted octanol–water partition coefficient (Wildman–Crippen LogP) is 32.1. The van der Waals surface area contributed by atoms with Crippen molar-refractivity contribution in [1.29, 1.82) is 0 Å². The molecule has 0 amide bonds. The highest BCUT2D eigenvalue weighted by atomic mass is 31.2. The van der Waals surface area contributed by atoms with Gasteiger partial charge >= 0.3 is 0 Å². The van der Waals surface area contributed by atoms with Gasteiger partial charge in [-0.25, -0.2) is 4.85 Å². The summed E-state index contributed by atoms with van der Waals surface area (Å²) in [5, 5.41) is 6.28. The van der Waals surface area contributed by atoms with Gasteiger partial charge in [0, 0.05) is 104 Å². The molecule has 1 aromatic heterocycles. The van der Waals surface area contributed by atoms with Gasteiger partial charge in [-0.1, -0.05) is 397 Å². The fourth-order valence-electron chi connectivity index (χ4n) is 23.6. The Hall–Kier alpha value is -16.5. The van der Waals surface area contributed by atoms with Gasteiger partial charge in [0.25, 0.3) is 0 Å². The molecule has 0 spiro atoms. The van der Waals surface area contributed by atoms with Crippen LogP contribution in [-0.4, -0.2) is 4.98 Å². The monoisotopic (exact) mass is 1970 g/mol. The molecular formula is C135H112N7O3P3. The van der Waals surface area contributed by atoms with Crippen molar-refractivity contribution in [2.24, 2.45) is 0 Å². The molecule has 0 radical (unpaired) electrons. The Morgan fingerprint density at radius 1 is 0.196 bits per heavy atom. The molecule has 1 atom stereocenters. The van der Waals surface area contributed by atoms with E-state index < -0.39 is 21.4 Å². The second-order valence-electron chi connectivity index (χ2n) is 41.5. The van der Waals surface area contributed by atoms with Crippen molar-refractivity contribution in [3.05, 3.63) is 565 Å². The fraction of sp³-hybridized carbons (Fsp3) is 0.111. The van der Waals surface area contributed by atoms with Gasteiger partial charge in [0.2, 0.25) is 0 Å². The van der Waals surface area contributed by atoms with E-state index in [2.05, 4.69) is 419 Å². The Bertz CT molecular complexity index is 8110. The second kappa shape index (κ2) is 37.5. The van der Waals surface area contributed by atoms with Gasteiger partial charge in [-0.3, -0.25) is 4.98 Å². The van der Waals surface area contributed by atoms with Crippen LogP contribution in [0, 0.1) is 6.57 Å². The normalized spacial score (nSPS) is 15.0. The van der Waals surface area contributed by atoms with Crippen LogP contribution >= 0.6 is 21.4 Å². The van der Waals surface area contributed by atoms with Gasteiger partial charge in [0.1, 0.15) is 5.44 Å². The summed E-state index contributed by atoms with van der Waals surface area (Å²) in [6, 6.07) is 169. The minimum Gasteiger partial charge on any atom is -0.311 e. The molecule has 720 valence electrons. The van der Waals surface area contributed by atoms with Gasteiger partial charge < -0.3 is 38.2 Å². The molecule has 6 heterocycles. The van der Waals surface area contributed by atoms with Crippen LogP contribution in [0.4, 0.5) is 91.0 Å². The van der Waals surface area contributed by atoms with E-state index in [-0.39, 0.29) is 27.1 Å². The van der Waals surface area contributed by atoms with Crippen molar-refractivity contribution in [1.82, 2.24) is 4.98 Å². The van der Waals surface area contributed by atoms with Crippen LogP contribution < -0.4 is 72.4 Å². The van der Waals surface area contributed by atoms with Gasteiger partial charge in [-0.15, -0.1) is 0 Å². The number of pyridine rings is 1. The second-order valence-corrected chi connectivity index (χ2v) is 49.7. The Morgan fingerprint density at radius 3 is 0.709 bits per heavy atom.